The molecule has 0 aromatic heterocycles. The highest BCUT2D eigenvalue weighted by molar-refractivity contribution is 5.77. The third-order valence-electron chi connectivity index (χ3n) is 5.13. The fourth-order valence-electron chi connectivity index (χ4n) is 3.52. The van der Waals surface area contributed by atoms with Crippen LogP contribution in [0, 0.1) is 6.92 Å². The second-order valence-electron chi connectivity index (χ2n) is 7.19. The van der Waals surface area contributed by atoms with Gasteiger partial charge in [0.05, 0.1) is 33.5 Å². The van der Waals surface area contributed by atoms with Crippen molar-refractivity contribution in [2.45, 2.75) is 13.0 Å². The quantitative estimate of drug-likeness (QED) is 0.680. The minimum Gasteiger partial charge on any atom is -0.493 e. The normalized spacial score (nSPS) is 15.3. The second kappa shape index (κ2) is 10.8. The summed E-state index contributed by atoms with van der Waals surface area (Å²) in [7, 11) is 3.24. The molecule has 2 aromatic carbocycles. The van der Waals surface area contributed by atoms with E-state index in [1.165, 1.54) is 0 Å². The van der Waals surface area contributed by atoms with Gasteiger partial charge in [-0.25, -0.2) is 0 Å². The summed E-state index contributed by atoms with van der Waals surface area (Å²) in [5.41, 5.74) is 2.14. The molecule has 1 atom stereocenters. The van der Waals surface area contributed by atoms with Gasteiger partial charge in [0.15, 0.2) is 18.1 Å². The van der Waals surface area contributed by atoms with Crippen LogP contribution in [0.25, 0.3) is 0 Å². The van der Waals surface area contributed by atoms with E-state index in [2.05, 4.69) is 10.2 Å². The first-order valence-corrected chi connectivity index (χ1v) is 10.1. The zero-order chi connectivity index (χ0) is 21.3. The highest BCUT2D eigenvalue weighted by Gasteiger charge is 2.24. The molecule has 0 bridgehead atoms. The molecule has 1 aliphatic rings. The number of morpholine rings is 1. The Morgan fingerprint density at radius 1 is 1.10 bits per heavy atom. The van der Waals surface area contributed by atoms with Crippen molar-refractivity contribution >= 4 is 5.91 Å². The molecule has 162 valence electrons. The van der Waals surface area contributed by atoms with E-state index < -0.39 is 0 Å². The Labute approximate surface area is 177 Å². The average molecular weight is 415 g/mol. The summed E-state index contributed by atoms with van der Waals surface area (Å²) < 4.78 is 21.9. The number of benzene rings is 2. The number of aryl methyl sites for hydroxylation is 1. The predicted octanol–water partition coefficient (Wildman–Crippen LogP) is 2.58. The third-order valence-corrected chi connectivity index (χ3v) is 5.13. The van der Waals surface area contributed by atoms with E-state index >= 15 is 0 Å². The first kappa shape index (κ1) is 21.9. The summed E-state index contributed by atoms with van der Waals surface area (Å²) in [6, 6.07) is 13.5. The molecule has 1 heterocycles. The maximum atomic E-state index is 12.4. The van der Waals surface area contributed by atoms with Crippen LogP contribution in [0.5, 0.6) is 17.2 Å². The Morgan fingerprint density at radius 2 is 1.87 bits per heavy atom. The maximum Gasteiger partial charge on any atom is 0.258 e. The Hall–Kier alpha value is -2.77. The summed E-state index contributed by atoms with van der Waals surface area (Å²) >= 11 is 0. The number of nitrogens with zero attached hydrogens (tertiary/aromatic N) is 1. The lowest BCUT2D eigenvalue weighted by atomic mass is 10.0. The molecule has 0 radical (unpaired) electrons. The standard InChI is InChI=1S/C23H30N2O5/c1-17-5-4-6-19(13-17)30-16-23(26)24-15-20(25-9-11-29-12-10-25)18-7-8-21(27-2)22(14-18)28-3/h4-8,13-14,20H,9-12,15-16H2,1-3H3,(H,24,26). The van der Waals surface area contributed by atoms with E-state index in [1.807, 2.05) is 49.4 Å². The van der Waals surface area contributed by atoms with Gasteiger partial charge in [-0.15, -0.1) is 0 Å². The fraction of sp³-hybridized carbons (Fsp3) is 0.435. The van der Waals surface area contributed by atoms with Crippen LogP contribution in [0.2, 0.25) is 0 Å². The third kappa shape index (κ3) is 5.87. The molecule has 2 aromatic rings. The van der Waals surface area contributed by atoms with Crippen LogP contribution in [0.3, 0.4) is 0 Å². The van der Waals surface area contributed by atoms with Gasteiger partial charge >= 0.3 is 0 Å². The molecule has 30 heavy (non-hydrogen) atoms. The molecule has 0 saturated carbocycles. The summed E-state index contributed by atoms with van der Waals surface area (Å²) in [6.45, 7) is 5.38. The topological polar surface area (TPSA) is 69.3 Å². The van der Waals surface area contributed by atoms with Gasteiger partial charge in [-0.05, 0) is 42.3 Å². The van der Waals surface area contributed by atoms with Gasteiger partial charge in [0.25, 0.3) is 5.91 Å². The van der Waals surface area contributed by atoms with Crippen molar-refractivity contribution < 1.29 is 23.7 Å². The van der Waals surface area contributed by atoms with Crippen LogP contribution in [-0.2, 0) is 9.53 Å². The molecule has 7 nitrogen and oxygen atoms in total. The molecule has 7 heteroatoms. The molecule has 1 amide bonds. The largest absolute Gasteiger partial charge is 0.493 e. The van der Waals surface area contributed by atoms with Gasteiger partial charge in [0, 0.05) is 19.6 Å². The summed E-state index contributed by atoms with van der Waals surface area (Å²) in [4.78, 5) is 14.7. The Balaban J connectivity index is 1.66. The van der Waals surface area contributed by atoms with Crippen molar-refractivity contribution in [2.24, 2.45) is 0 Å². The van der Waals surface area contributed by atoms with E-state index in [0.29, 0.717) is 37.0 Å². The lowest BCUT2D eigenvalue weighted by Crippen LogP contribution is -2.44. The lowest BCUT2D eigenvalue weighted by molar-refractivity contribution is -0.123. The van der Waals surface area contributed by atoms with Gasteiger partial charge in [0.2, 0.25) is 0 Å². The lowest BCUT2D eigenvalue weighted by Gasteiger charge is -2.35. The number of methoxy groups -OCH3 is 2. The monoisotopic (exact) mass is 414 g/mol. The molecule has 0 spiro atoms. The fourth-order valence-corrected chi connectivity index (χ4v) is 3.52. The highest BCUT2D eigenvalue weighted by Crippen LogP contribution is 2.32. The van der Waals surface area contributed by atoms with Gasteiger partial charge in [-0.3, -0.25) is 9.69 Å². The summed E-state index contributed by atoms with van der Waals surface area (Å²) in [5.74, 6) is 1.88. The maximum absolute atomic E-state index is 12.4. The van der Waals surface area contributed by atoms with E-state index in [1.54, 1.807) is 14.2 Å². The zero-order valence-electron chi connectivity index (χ0n) is 17.8. The molecular formula is C23H30N2O5. The first-order valence-electron chi connectivity index (χ1n) is 10.1. The Kier molecular flexibility index (Phi) is 7.93. The zero-order valence-corrected chi connectivity index (χ0v) is 17.8. The van der Waals surface area contributed by atoms with Crippen LogP contribution in [0.4, 0.5) is 0 Å². The van der Waals surface area contributed by atoms with E-state index in [9.17, 15) is 4.79 Å². The number of hydrogen-bond acceptors (Lipinski definition) is 6. The van der Waals surface area contributed by atoms with Crippen molar-refractivity contribution in [3.8, 4) is 17.2 Å². The average Bonchev–Trinajstić information content (AvgIpc) is 2.78. The van der Waals surface area contributed by atoms with Crippen molar-refractivity contribution in [3.63, 3.8) is 0 Å². The van der Waals surface area contributed by atoms with Crippen molar-refractivity contribution in [1.29, 1.82) is 0 Å². The van der Waals surface area contributed by atoms with Crippen LogP contribution >= 0.6 is 0 Å². The highest BCUT2D eigenvalue weighted by atomic mass is 16.5. The molecule has 3 rings (SSSR count). The molecule has 1 fully saturated rings. The van der Waals surface area contributed by atoms with E-state index in [4.69, 9.17) is 18.9 Å². The van der Waals surface area contributed by atoms with Crippen molar-refractivity contribution in [2.75, 3.05) is 53.7 Å². The first-order chi connectivity index (χ1) is 14.6. The molecule has 1 unspecified atom stereocenters. The van der Waals surface area contributed by atoms with E-state index in [-0.39, 0.29) is 18.6 Å². The van der Waals surface area contributed by atoms with Gasteiger partial charge < -0.3 is 24.3 Å². The minimum atomic E-state index is -0.157. The van der Waals surface area contributed by atoms with Crippen molar-refractivity contribution in [1.82, 2.24) is 10.2 Å². The predicted molar refractivity (Wildman–Crippen MR) is 114 cm³/mol. The number of nitrogens with one attached hydrogen (secondary N) is 1. The SMILES string of the molecule is COc1ccc(C(CNC(=O)COc2cccc(C)c2)N2CCOCC2)cc1OC. The number of hydrogen-bond donors (Lipinski definition) is 1. The van der Waals surface area contributed by atoms with Gasteiger partial charge in [-0.1, -0.05) is 18.2 Å². The summed E-state index contributed by atoms with van der Waals surface area (Å²) in [6.07, 6.45) is 0. The number of carbonyl (C=O) groups is 1. The van der Waals surface area contributed by atoms with Gasteiger partial charge in [0.1, 0.15) is 5.75 Å². The smallest absolute Gasteiger partial charge is 0.258 e. The molecule has 1 saturated heterocycles. The molecule has 1 N–H and O–H groups in total. The number of rotatable bonds is 9. The summed E-state index contributed by atoms with van der Waals surface area (Å²) in [5, 5.41) is 3.01. The Bertz CT molecular complexity index is 836. The second-order valence-corrected chi connectivity index (χ2v) is 7.19. The number of amides is 1. The van der Waals surface area contributed by atoms with Crippen LogP contribution < -0.4 is 19.5 Å². The minimum absolute atomic E-state index is 0.00312. The van der Waals surface area contributed by atoms with E-state index in [0.717, 1.165) is 24.2 Å². The Morgan fingerprint density at radius 3 is 2.57 bits per heavy atom. The van der Waals surface area contributed by atoms with Gasteiger partial charge in [-0.2, -0.15) is 0 Å². The van der Waals surface area contributed by atoms with Crippen LogP contribution in [0.15, 0.2) is 42.5 Å². The molecular weight excluding hydrogens is 384 g/mol. The van der Waals surface area contributed by atoms with Crippen molar-refractivity contribution in [3.05, 3.63) is 53.6 Å². The molecule has 1 aliphatic heterocycles. The van der Waals surface area contributed by atoms with Crippen LogP contribution in [0.1, 0.15) is 17.2 Å². The molecule has 0 aliphatic carbocycles. The van der Waals surface area contributed by atoms with Crippen LogP contribution in [-0.4, -0.2) is 64.5 Å². The number of ether oxygens (including phenoxy) is 4. The number of carbonyl (C=O) groups excluding carboxylic acids is 1.